The zero-order valence-corrected chi connectivity index (χ0v) is 11.1. The fraction of sp³-hybridized carbons (Fsp3) is 0.133. The molecule has 1 aromatic heterocycles. The number of hydrogen-bond acceptors (Lipinski definition) is 4. The van der Waals surface area contributed by atoms with Crippen LogP contribution in [-0.4, -0.2) is 10.9 Å². The molecule has 0 aliphatic heterocycles. The molecule has 0 aliphatic carbocycles. The van der Waals surface area contributed by atoms with E-state index in [4.69, 9.17) is 5.26 Å². The minimum absolute atomic E-state index is 0.110. The lowest BCUT2D eigenvalue weighted by atomic mass is 10.2. The molecule has 100 valence electrons. The predicted molar refractivity (Wildman–Crippen MR) is 77.0 cm³/mol. The van der Waals surface area contributed by atoms with Gasteiger partial charge >= 0.3 is 0 Å². The summed E-state index contributed by atoms with van der Waals surface area (Å²) < 4.78 is 0. The van der Waals surface area contributed by atoms with Gasteiger partial charge in [-0.25, -0.2) is 4.98 Å². The lowest BCUT2D eigenvalue weighted by Gasteiger charge is -2.09. The van der Waals surface area contributed by atoms with Gasteiger partial charge in [0, 0.05) is 36.6 Å². The first-order valence-corrected chi connectivity index (χ1v) is 6.14. The Morgan fingerprint density at radius 1 is 1.30 bits per heavy atom. The smallest absolute Gasteiger partial charge is 0.221 e. The molecule has 0 bridgehead atoms. The van der Waals surface area contributed by atoms with E-state index in [0.717, 1.165) is 16.9 Å². The summed E-state index contributed by atoms with van der Waals surface area (Å²) in [7, 11) is 0. The van der Waals surface area contributed by atoms with Crippen molar-refractivity contribution < 1.29 is 4.79 Å². The minimum Gasteiger partial charge on any atom is -0.381 e. The number of amides is 1. The predicted octanol–water partition coefficient (Wildman–Crippen LogP) is 2.52. The van der Waals surface area contributed by atoms with Gasteiger partial charge in [0.1, 0.15) is 11.8 Å². The van der Waals surface area contributed by atoms with Crippen molar-refractivity contribution >= 4 is 17.3 Å². The fourth-order valence-electron chi connectivity index (χ4n) is 1.79. The van der Waals surface area contributed by atoms with Crippen molar-refractivity contribution in [1.82, 2.24) is 4.98 Å². The second-order valence-electron chi connectivity index (χ2n) is 4.24. The molecule has 2 N–H and O–H groups in total. The molecule has 0 unspecified atom stereocenters. The molecule has 0 aliphatic rings. The average Bonchev–Trinajstić information content (AvgIpc) is 2.45. The number of hydrogen-bond donors (Lipinski definition) is 2. The van der Waals surface area contributed by atoms with Gasteiger partial charge in [0.05, 0.1) is 0 Å². The summed E-state index contributed by atoms with van der Waals surface area (Å²) >= 11 is 0. The van der Waals surface area contributed by atoms with E-state index in [1.807, 2.05) is 30.3 Å². The third kappa shape index (κ3) is 3.56. The standard InChI is InChI=1S/C15H14N4O/c1-11(20)19-14-6-2-5-13(8-14)18-10-12-4-3-7-17-15(12)9-16/h2-8,18H,10H2,1H3,(H,19,20). The third-order valence-electron chi connectivity index (χ3n) is 2.66. The van der Waals surface area contributed by atoms with Crippen LogP contribution in [0.5, 0.6) is 0 Å². The Balaban J connectivity index is 2.07. The molecule has 2 aromatic rings. The summed E-state index contributed by atoms with van der Waals surface area (Å²) in [5.74, 6) is -0.110. The van der Waals surface area contributed by atoms with Crippen LogP contribution in [0.1, 0.15) is 18.2 Å². The van der Waals surface area contributed by atoms with Crippen LogP contribution in [0.4, 0.5) is 11.4 Å². The summed E-state index contributed by atoms with van der Waals surface area (Å²) in [4.78, 5) is 15.0. The molecular formula is C15H14N4O. The number of nitrogens with one attached hydrogen (secondary N) is 2. The molecule has 0 atom stereocenters. The summed E-state index contributed by atoms with van der Waals surface area (Å²) in [6.07, 6.45) is 1.60. The number of nitrogens with zero attached hydrogens (tertiary/aromatic N) is 2. The molecule has 20 heavy (non-hydrogen) atoms. The van der Waals surface area contributed by atoms with Gasteiger partial charge < -0.3 is 10.6 Å². The fourth-order valence-corrected chi connectivity index (χ4v) is 1.79. The first-order valence-electron chi connectivity index (χ1n) is 6.14. The van der Waals surface area contributed by atoms with E-state index in [0.29, 0.717) is 12.2 Å². The highest BCUT2D eigenvalue weighted by atomic mass is 16.1. The SMILES string of the molecule is CC(=O)Nc1cccc(NCc2cccnc2C#N)c1. The van der Waals surface area contributed by atoms with E-state index in [-0.39, 0.29) is 5.91 Å². The molecule has 0 spiro atoms. The zero-order valence-electron chi connectivity index (χ0n) is 11.1. The second-order valence-corrected chi connectivity index (χ2v) is 4.24. The Hall–Kier alpha value is -2.87. The number of pyridine rings is 1. The molecular weight excluding hydrogens is 252 g/mol. The van der Waals surface area contributed by atoms with Gasteiger partial charge in [-0.3, -0.25) is 4.79 Å². The molecule has 5 nitrogen and oxygen atoms in total. The first kappa shape index (κ1) is 13.6. The van der Waals surface area contributed by atoms with Crippen LogP contribution >= 0.6 is 0 Å². The summed E-state index contributed by atoms with van der Waals surface area (Å²) in [5.41, 5.74) is 2.84. The maximum absolute atomic E-state index is 11.0. The van der Waals surface area contributed by atoms with E-state index in [9.17, 15) is 4.79 Å². The Bertz CT molecular complexity index is 661. The first-order chi connectivity index (χ1) is 9.69. The number of nitriles is 1. The average molecular weight is 266 g/mol. The highest BCUT2D eigenvalue weighted by Gasteiger charge is 2.02. The van der Waals surface area contributed by atoms with Gasteiger partial charge in [0.2, 0.25) is 5.91 Å². The van der Waals surface area contributed by atoms with Gasteiger partial charge in [0.25, 0.3) is 0 Å². The van der Waals surface area contributed by atoms with Gasteiger partial charge in [0.15, 0.2) is 0 Å². The molecule has 0 saturated heterocycles. The van der Waals surface area contributed by atoms with Crippen LogP contribution in [0.15, 0.2) is 42.6 Å². The van der Waals surface area contributed by atoms with E-state index in [2.05, 4.69) is 21.7 Å². The molecule has 5 heteroatoms. The zero-order chi connectivity index (χ0) is 14.4. The molecule has 1 heterocycles. The van der Waals surface area contributed by atoms with Crippen LogP contribution in [0, 0.1) is 11.3 Å². The van der Waals surface area contributed by atoms with Crippen molar-refractivity contribution in [3.05, 3.63) is 53.9 Å². The van der Waals surface area contributed by atoms with Crippen molar-refractivity contribution in [2.24, 2.45) is 0 Å². The van der Waals surface area contributed by atoms with E-state index >= 15 is 0 Å². The minimum atomic E-state index is -0.110. The number of anilines is 2. The maximum Gasteiger partial charge on any atom is 0.221 e. The molecule has 1 aromatic carbocycles. The maximum atomic E-state index is 11.0. The summed E-state index contributed by atoms with van der Waals surface area (Å²) in [6.45, 7) is 1.97. The molecule has 0 radical (unpaired) electrons. The van der Waals surface area contributed by atoms with Gasteiger partial charge in [-0.05, 0) is 24.3 Å². The van der Waals surface area contributed by atoms with Crippen molar-refractivity contribution in [3.63, 3.8) is 0 Å². The van der Waals surface area contributed by atoms with Crippen LogP contribution in [-0.2, 0) is 11.3 Å². The van der Waals surface area contributed by atoms with E-state index in [1.165, 1.54) is 6.92 Å². The Morgan fingerprint density at radius 2 is 2.10 bits per heavy atom. The number of benzene rings is 1. The highest BCUT2D eigenvalue weighted by molar-refractivity contribution is 5.89. The highest BCUT2D eigenvalue weighted by Crippen LogP contribution is 2.16. The monoisotopic (exact) mass is 266 g/mol. The quantitative estimate of drug-likeness (QED) is 0.891. The van der Waals surface area contributed by atoms with Gasteiger partial charge in [-0.1, -0.05) is 12.1 Å². The lowest BCUT2D eigenvalue weighted by Crippen LogP contribution is -2.07. The van der Waals surface area contributed by atoms with Crippen LogP contribution in [0.25, 0.3) is 0 Å². The summed E-state index contributed by atoms with van der Waals surface area (Å²) in [5, 5.41) is 14.9. The Kier molecular flexibility index (Phi) is 4.30. The second kappa shape index (κ2) is 6.34. The largest absolute Gasteiger partial charge is 0.381 e. The van der Waals surface area contributed by atoms with Crippen LogP contribution in [0.3, 0.4) is 0 Å². The van der Waals surface area contributed by atoms with Crippen molar-refractivity contribution in [1.29, 1.82) is 5.26 Å². The molecule has 0 fully saturated rings. The topological polar surface area (TPSA) is 77.8 Å². The van der Waals surface area contributed by atoms with Gasteiger partial charge in [-0.15, -0.1) is 0 Å². The van der Waals surface area contributed by atoms with Crippen molar-refractivity contribution in [2.75, 3.05) is 10.6 Å². The number of aromatic nitrogens is 1. The van der Waals surface area contributed by atoms with Gasteiger partial charge in [-0.2, -0.15) is 5.26 Å². The lowest BCUT2D eigenvalue weighted by molar-refractivity contribution is -0.114. The van der Waals surface area contributed by atoms with E-state index < -0.39 is 0 Å². The van der Waals surface area contributed by atoms with Crippen LogP contribution in [0.2, 0.25) is 0 Å². The molecule has 1 amide bonds. The normalized spacial score (nSPS) is 9.60. The van der Waals surface area contributed by atoms with E-state index in [1.54, 1.807) is 12.3 Å². The van der Waals surface area contributed by atoms with Crippen LogP contribution < -0.4 is 10.6 Å². The molecule has 2 rings (SSSR count). The Labute approximate surface area is 117 Å². The number of carbonyl (C=O) groups excluding carboxylic acids is 1. The number of rotatable bonds is 4. The van der Waals surface area contributed by atoms with Crippen molar-refractivity contribution in [2.45, 2.75) is 13.5 Å². The summed E-state index contributed by atoms with van der Waals surface area (Å²) in [6, 6.07) is 13.1. The van der Waals surface area contributed by atoms with Crippen molar-refractivity contribution in [3.8, 4) is 6.07 Å². The molecule has 0 saturated carbocycles. The number of carbonyl (C=O) groups is 1. The third-order valence-corrected chi connectivity index (χ3v) is 2.66. The Morgan fingerprint density at radius 3 is 2.85 bits per heavy atom.